The molecule has 0 amide bonds. The fourth-order valence-electron chi connectivity index (χ4n) is 6.33. The normalized spacial score (nSPS) is 11.5. The molecule has 0 aliphatic heterocycles. The van der Waals surface area contributed by atoms with Gasteiger partial charge in [0.1, 0.15) is 0 Å². The van der Waals surface area contributed by atoms with Gasteiger partial charge in [0.25, 0.3) is 0 Å². The maximum Gasteiger partial charge on any atom is 0.160 e. The SMILES string of the molecule is c1ccc(-c2ccc3ccc4ccc(-c5ccc(-c6nc(-c7cccc8ccccc78)c7ccccc7n6)cc5)nc4c3n2)cc1. The molecule has 9 rings (SSSR count). The maximum absolute atomic E-state index is 5.17. The van der Waals surface area contributed by atoms with E-state index in [1.54, 1.807) is 0 Å². The molecule has 0 unspecified atom stereocenters. The van der Waals surface area contributed by atoms with Crippen molar-refractivity contribution in [2.75, 3.05) is 0 Å². The molecule has 0 N–H and O–H groups in total. The average molecular weight is 587 g/mol. The van der Waals surface area contributed by atoms with E-state index in [0.29, 0.717) is 5.82 Å². The smallest absolute Gasteiger partial charge is 0.160 e. The Labute approximate surface area is 265 Å². The van der Waals surface area contributed by atoms with Crippen molar-refractivity contribution < 1.29 is 0 Å². The first-order chi connectivity index (χ1) is 22.8. The molecule has 46 heavy (non-hydrogen) atoms. The minimum Gasteiger partial charge on any atom is -0.245 e. The standard InChI is InChI=1S/C42H26N4/c1-2-10-28(11-3-1)36-25-23-30-19-20-31-24-26-37(44-40(31)39(30)43-36)29-17-21-32(22-18-29)42-45-38-16-7-6-14-35(38)41(46-42)34-15-8-12-27-9-4-5-13-33(27)34/h1-26H. The molecule has 3 aromatic heterocycles. The van der Waals surface area contributed by atoms with Crippen LogP contribution in [0.25, 0.3) is 88.6 Å². The predicted molar refractivity (Wildman–Crippen MR) is 189 cm³/mol. The van der Waals surface area contributed by atoms with Crippen LogP contribution >= 0.6 is 0 Å². The van der Waals surface area contributed by atoms with Crippen LogP contribution in [0.2, 0.25) is 0 Å². The van der Waals surface area contributed by atoms with E-state index >= 15 is 0 Å². The van der Waals surface area contributed by atoms with Crippen molar-refractivity contribution in [3.8, 4) is 45.2 Å². The lowest BCUT2D eigenvalue weighted by molar-refractivity contribution is 1.23. The number of benzene rings is 6. The summed E-state index contributed by atoms with van der Waals surface area (Å²) in [4.78, 5) is 20.4. The fourth-order valence-corrected chi connectivity index (χ4v) is 6.33. The van der Waals surface area contributed by atoms with E-state index in [1.807, 2.05) is 30.3 Å². The summed E-state index contributed by atoms with van der Waals surface area (Å²) in [5.41, 5.74) is 9.67. The Morgan fingerprint density at radius 2 is 0.891 bits per heavy atom. The quantitative estimate of drug-likeness (QED) is 0.193. The van der Waals surface area contributed by atoms with Crippen molar-refractivity contribution >= 4 is 43.5 Å². The second kappa shape index (κ2) is 10.7. The molecular formula is C42H26N4. The van der Waals surface area contributed by atoms with E-state index < -0.39 is 0 Å². The van der Waals surface area contributed by atoms with Crippen LogP contribution in [0.5, 0.6) is 0 Å². The third-order valence-electron chi connectivity index (χ3n) is 8.68. The second-order valence-electron chi connectivity index (χ2n) is 11.5. The van der Waals surface area contributed by atoms with Gasteiger partial charge in [-0.3, -0.25) is 0 Å². The van der Waals surface area contributed by atoms with Crippen LogP contribution in [-0.2, 0) is 0 Å². The second-order valence-corrected chi connectivity index (χ2v) is 11.5. The summed E-state index contributed by atoms with van der Waals surface area (Å²) >= 11 is 0. The summed E-state index contributed by atoms with van der Waals surface area (Å²) in [7, 11) is 0. The Hall–Kier alpha value is -6.26. The molecule has 6 aromatic carbocycles. The van der Waals surface area contributed by atoms with Gasteiger partial charge in [-0.1, -0.05) is 140 Å². The van der Waals surface area contributed by atoms with Crippen LogP contribution in [0, 0.1) is 0 Å². The first-order valence-electron chi connectivity index (χ1n) is 15.4. The van der Waals surface area contributed by atoms with Gasteiger partial charge >= 0.3 is 0 Å². The van der Waals surface area contributed by atoms with Crippen LogP contribution in [0.1, 0.15) is 0 Å². The fraction of sp³-hybridized carbons (Fsp3) is 0. The summed E-state index contributed by atoms with van der Waals surface area (Å²) in [5.74, 6) is 0.697. The number of para-hydroxylation sites is 1. The number of aromatic nitrogens is 4. The lowest BCUT2D eigenvalue weighted by Gasteiger charge is -2.12. The van der Waals surface area contributed by atoms with E-state index in [0.717, 1.165) is 72.0 Å². The Morgan fingerprint density at radius 3 is 1.63 bits per heavy atom. The molecule has 0 aliphatic carbocycles. The van der Waals surface area contributed by atoms with Crippen molar-refractivity contribution in [1.82, 2.24) is 19.9 Å². The van der Waals surface area contributed by atoms with Crippen molar-refractivity contribution in [1.29, 1.82) is 0 Å². The van der Waals surface area contributed by atoms with Crippen LogP contribution < -0.4 is 0 Å². The van der Waals surface area contributed by atoms with Gasteiger partial charge in [0.05, 0.1) is 33.6 Å². The molecule has 0 fully saturated rings. The Balaban J connectivity index is 1.13. The molecule has 214 valence electrons. The lowest BCUT2D eigenvalue weighted by atomic mass is 9.99. The first-order valence-corrected chi connectivity index (χ1v) is 15.4. The molecule has 0 atom stereocenters. The highest BCUT2D eigenvalue weighted by molar-refractivity contribution is 6.05. The Morgan fingerprint density at radius 1 is 0.326 bits per heavy atom. The third kappa shape index (κ3) is 4.47. The van der Waals surface area contributed by atoms with Gasteiger partial charge in [0, 0.05) is 38.4 Å². The number of fused-ring (bicyclic) bond motifs is 5. The van der Waals surface area contributed by atoms with Crippen molar-refractivity contribution in [2.24, 2.45) is 0 Å². The molecule has 0 saturated carbocycles. The van der Waals surface area contributed by atoms with Crippen molar-refractivity contribution in [3.05, 3.63) is 158 Å². The van der Waals surface area contributed by atoms with Gasteiger partial charge < -0.3 is 0 Å². The zero-order valence-electron chi connectivity index (χ0n) is 24.8. The summed E-state index contributed by atoms with van der Waals surface area (Å²) < 4.78 is 0. The Kier molecular flexibility index (Phi) is 6.10. The number of pyridine rings is 2. The molecule has 0 saturated heterocycles. The lowest BCUT2D eigenvalue weighted by Crippen LogP contribution is -1.96. The Bertz CT molecular complexity index is 2570. The van der Waals surface area contributed by atoms with Crippen LogP contribution in [0.15, 0.2) is 158 Å². The first kappa shape index (κ1) is 26.2. The van der Waals surface area contributed by atoms with Gasteiger partial charge in [0.15, 0.2) is 5.82 Å². The highest BCUT2D eigenvalue weighted by Crippen LogP contribution is 2.34. The topological polar surface area (TPSA) is 51.6 Å². The number of nitrogens with zero attached hydrogens (tertiary/aromatic N) is 4. The zero-order valence-corrected chi connectivity index (χ0v) is 24.8. The van der Waals surface area contributed by atoms with E-state index in [2.05, 4.69) is 127 Å². The number of rotatable bonds is 4. The van der Waals surface area contributed by atoms with Crippen LogP contribution in [0.3, 0.4) is 0 Å². The van der Waals surface area contributed by atoms with E-state index in [9.17, 15) is 0 Å². The van der Waals surface area contributed by atoms with E-state index in [-0.39, 0.29) is 0 Å². The average Bonchev–Trinajstić information content (AvgIpc) is 3.14. The predicted octanol–water partition coefficient (Wildman–Crippen LogP) is 10.5. The highest BCUT2D eigenvalue weighted by Gasteiger charge is 2.14. The summed E-state index contributed by atoms with van der Waals surface area (Å²) in [6.45, 7) is 0. The summed E-state index contributed by atoms with van der Waals surface area (Å²) in [6.07, 6.45) is 0. The molecule has 9 aromatic rings. The monoisotopic (exact) mass is 586 g/mol. The molecular weight excluding hydrogens is 560 g/mol. The minimum absolute atomic E-state index is 0.697. The van der Waals surface area contributed by atoms with Gasteiger partial charge in [0.2, 0.25) is 0 Å². The summed E-state index contributed by atoms with van der Waals surface area (Å²) in [5, 5.41) is 5.54. The molecule has 0 spiro atoms. The number of hydrogen-bond donors (Lipinski definition) is 0. The molecule has 0 radical (unpaired) electrons. The molecule has 4 heteroatoms. The minimum atomic E-state index is 0.697. The molecule has 4 nitrogen and oxygen atoms in total. The number of hydrogen-bond acceptors (Lipinski definition) is 4. The van der Waals surface area contributed by atoms with Gasteiger partial charge in [-0.2, -0.15) is 0 Å². The molecule has 3 heterocycles. The molecule has 0 bridgehead atoms. The third-order valence-corrected chi connectivity index (χ3v) is 8.68. The highest BCUT2D eigenvalue weighted by atomic mass is 14.9. The maximum atomic E-state index is 5.17. The van der Waals surface area contributed by atoms with Gasteiger partial charge in [-0.15, -0.1) is 0 Å². The van der Waals surface area contributed by atoms with Gasteiger partial charge in [-0.05, 0) is 29.0 Å². The van der Waals surface area contributed by atoms with Crippen molar-refractivity contribution in [3.63, 3.8) is 0 Å². The largest absolute Gasteiger partial charge is 0.245 e. The van der Waals surface area contributed by atoms with Crippen LogP contribution in [-0.4, -0.2) is 19.9 Å². The van der Waals surface area contributed by atoms with E-state index in [1.165, 1.54) is 10.8 Å². The van der Waals surface area contributed by atoms with Gasteiger partial charge in [-0.25, -0.2) is 19.9 Å². The zero-order chi connectivity index (χ0) is 30.5. The van der Waals surface area contributed by atoms with E-state index in [4.69, 9.17) is 19.9 Å². The van der Waals surface area contributed by atoms with Crippen LogP contribution in [0.4, 0.5) is 0 Å². The molecule has 0 aliphatic rings. The van der Waals surface area contributed by atoms with Crippen molar-refractivity contribution in [2.45, 2.75) is 0 Å². The summed E-state index contributed by atoms with van der Waals surface area (Å²) in [6, 6.07) is 54.4.